The smallest absolute Gasteiger partial charge is 0.142 e. The van der Waals surface area contributed by atoms with Crippen LogP contribution in [0.3, 0.4) is 0 Å². The van der Waals surface area contributed by atoms with E-state index < -0.39 is 0 Å². The maximum Gasteiger partial charge on any atom is 0.142 e. The number of rotatable bonds is 3. The minimum atomic E-state index is 0.377. The molecule has 0 bridgehead atoms. The van der Waals surface area contributed by atoms with Gasteiger partial charge in [-0.25, -0.2) is 4.98 Å². The van der Waals surface area contributed by atoms with Crippen molar-refractivity contribution in [2.45, 2.75) is 0 Å². The molecule has 0 fully saturated rings. The molecule has 0 unspecified atom stereocenters. The zero-order valence-electron chi connectivity index (χ0n) is 9.64. The number of anilines is 2. The minimum absolute atomic E-state index is 0.377. The summed E-state index contributed by atoms with van der Waals surface area (Å²) >= 11 is 3.41. The van der Waals surface area contributed by atoms with Crippen molar-refractivity contribution in [3.05, 3.63) is 46.7 Å². The van der Waals surface area contributed by atoms with Crippen LogP contribution < -0.4 is 10.1 Å². The summed E-state index contributed by atoms with van der Waals surface area (Å²) in [5.74, 6) is 0.751. The van der Waals surface area contributed by atoms with Crippen LogP contribution in [0.1, 0.15) is 5.69 Å². The molecule has 0 aliphatic carbocycles. The molecule has 0 atom stereocenters. The van der Waals surface area contributed by atoms with Crippen LogP contribution >= 0.6 is 15.9 Å². The Bertz CT molecular complexity index is 607. The standard InChI is InChI=1S/C13H10BrN3O/c1-18-13-5-9(14)4-11(7-13)17-10-2-3-16-12(6-10)8-15/h2-7H,1H3,(H,16,17). The lowest BCUT2D eigenvalue weighted by Crippen LogP contribution is -1.93. The van der Waals surface area contributed by atoms with E-state index in [0.29, 0.717) is 5.69 Å². The molecule has 0 saturated heterocycles. The Morgan fingerprint density at radius 2 is 2.11 bits per heavy atom. The Morgan fingerprint density at radius 3 is 2.83 bits per heavy atom. The van der Waals surface area contributed by atoms with Gasteiger partial charge in [-0.2, -0.15) is 5.26 Å². The van der Waals surface area contributed by atoms with Gasteiger partial charge >= 0.3 is 0 Å². The molecule has 2 rings (SSSR count). The molecule has 90 valence electrons. The third-order valence-corrected chi connectivity index (χ3v) is 2.73. The average Bonchev–Trinajstić information content (AvgIpc) is 2.38. The highest BCUT2D eigenvalue weighted by atomic mass is 79.9. The van der Waals surface area contributed by atoms with Crippen molar-refractivity contribution in [3.63, 3.8) is 0 Å². The molecular weight excluding hydrogens is 294 g/mol. The number of halogens is 1. The Labute approximate surface area is 113 Å². The maximum atomic E-state index is 8.79. The van der Waals surface area contributed by atoms with Crippen molar-refractivity contribution in [3.8, 4) is 11.8 Å². The molecule has 4 nitrogen and oxygen atoms in total. The highest BCUT2D eigenvalue weighted by Gasteiger charge is 2.01. The first-order valence-electron chi connectivity index (χ1n) is 5.19. The van der Waals surface area contributed by atoms with E-state index in [4.69, 9.17) is 10.00 Å². The number of nitrogens with one attached hydrogen (secondary N) is 1. The van der Waals surface area contributed by atoms with E-state index in [-0.39, 0.29) is 0 Å². The van der Waals surface area contributed by atoms with E-state index in [0.717, 1.165) is 21.6 Å². The molecule has 1 aromatic carbocycles. The Balaban J connectivity index is 2.28. The summed E-state index contributed by atoms with van der Waals surface area (Å²) in [6, 6.07) is 11.2. The van der Waals surface area contributed by atoms with Crippen LogP contribution in [0.25, 0.3) is 0 Å². The lowest BCUT2D eigenvalue weighted by Gasteiger charge is -2.09. The van der Waals surface area contributed by atoms with Crippen LogP contribution in [0.2, 0.25) is 0 Å². The molecule has 0 aliphatic heterocycles. The lowest BCUT2D eigenvalue weighted by molar-refractivity contribution is 0.415. The van der Waals surface area contributed by atoms with Crippen LogP contribution in [-0.2, 0) is 0 Å². The molecule has 0 amide bonds. The van der Waals surface area contributed by atoms with Crippen molar-refractivity contribution in [2.24, 2.45) is 0 Å². The van der Waals surface area contributed by atoms with Gasteiger partial charge in [0.2, 0.25) is 0 Å². The van der Waals surface area contributed by atoms with Gasteiger partial charge in [0.25, 0.3) is 0 Å². The highest BCUT2D eigenvalue weighted by molar-refractivity contribution is 9.10. The van der Waals surface area contributed by atoms with Crippen molar-refractivity contribution in [1.29, 1.82) is 5.26 Å². The number of nitriles is 1. The molecule has 2 aromatic rings. The van der Waals surface area contributed by atoms with Gasteiger partial charge in [-0.05, 0) is 24.3 Å². The van der Waals surface area contributed by atoms with Gasteiger partial charge in [0.1, 0.15) is 17.5 Å². The largest absolute Gasteiger partial charge is 0.497 e. The van der Waals surface area contributed by atoms with Gasteiger partial charge in [0, 0.05) is 28.1 Å². The number of nitrogens with zero attached hydrogens (tertiary/aromatic N) is 2. The predicted molar refractivity (Wildman–Crippen MR) is 72.9 cm³/mol. The van der Waals surface area contributed by atoms with E-state index in [9.17, 15) is 0 Å². The third-order valence-electron chi connectivity index (χ3n) is 2.27. The summed E-state index contributed by atoms with van der Waals surface area (Å²) in [6.45, 7) is 0. The lowest BCUT2D eigenvalue weighted by atomic mass is 10.2. The molecule has 0 saturated carbocycles. The number of hydrogen-bond donors (Lipinski definition) is 1. The molecule has 0 radical (unpaired) electrons. The Morgan fingerprint density at radius 1 is 1.28 bits per heavy atom. The van der Waals surface area contributed by atoms with Crippen molar-refractivity contribution < 1.29 is 4.74 Å². The van der Waals surface area contributed by atoms with E-state index in [2.05, 4.69) is 26.2 Å². The maximum absolute atomic E-state index is 8.79. The van der Waals surface area contributed by atoms with Crippen LogP contribution in [0, 0.1) is 11.3 Å². The first kappa shape index (κ1) is 12.4. The van der Waals surface area contributed by atoms with Crippen molar-refractivity contribution in [2.75, 3.05) is 12.4 Å². The molecule has 5 heteroatoms. The monoisotopic (exact) mass is 303 g/mol. The van der Waals surface area contributed by atoms with Gasteiger partial charge in [0.15, 0.2) is 0 Å². The topological polar surface area (TPSA) is 57.9 Å². The second-order valence-corrected chi connectivity index (χ2v) is 4.46. The summed E-state index contributed by atoms with van der Waals surface area (Å²) in [5.41, 5.74) is 2.06. The van der Waals surface area contributed by atoms with Crippen LogP contribution in [0.5, 0.6) is 5.75 Å². The predicted octanol–water partition coefficient (Wildman–Crippen LogP) is 3.47. The molecule has 0 spiro atoms. The fourth-order valence-corrected chi connectivity index (χ4v) is 1.96. The fraction of sp³-hybridized carbons (Fsp3) is 0.0769. The van der Waals surface area contributed by atoms with Gasteiger partial charge in [-0.1, -0.05) is 15.9 Å². The van der Waals surface area contributed by atoms with Crippen LogP contribution in [0.15, 0.2) is 41.0 Å². The number of pyridine rings is 1. The SMILES string of the molecule is COc1cc(Br)cc(Nc2ccnc(C#N)c2)c1. The summed E-state index contributed by atoms with van der Waals surface area (Å²) in [7, 11) is 1.62. The van der Waals surface area contributed by atoms with E-state index in [1.807, 2.05) is 24.3 Å². The van der Waals surface area contributed by atoms with Gasteiger partial charge in [-0.15, -0.1) is 0 Å². The quantitative estimate of drug-likeness (QED) is 0.943. The zero-order chi connectivity index (χ0) is 13.0. The first-order valence-corrected chi connectivity index (χ1v) is 5.98. The molecular formula is C13H10BrN3O. The van der Waals surface area contributed by atoms with Crippen LogP contribution in [0.4, 0.5) is 11.4 Å². The fourth-order valence-electron chi connectivity index (χ4n) is 1.49. The minimum Gasteiger partial charge on any atom is -0.497 e. The van der Waals surface area contributed by atoms with Crippen molar-refractivity contribution >= 4 is 27.3 Å². The van der Waals surface area contributed by atoms with E-state index in [1.54, 1.807) is 25.4 Å². The highest BCUT2D eigenvalue weighted by Crippen LogP contribution is 2.26. The summed E-state index contributed by atoms with van der Waals surface area (Å²) in [6.07, 6.45) is 1.59. The number of aromatic nitrogens is 1. The van der Waals surface area contributed by atoms with Crippen LogP contribution in [-0.4, -0.2) is 12.1 Å². The zero-order valence-corrected chi connectivity index (χ0v) is 11.2. The molecule has 1 heterocycles. The molecule has 1 N–H and O–H groups in total. The van der Waals surface area contributed by atoms with E-state index in [1.165, 1.54) is 0 Å². The Hall–Kier alpha value is -2.06. The van der Waals surface area contributed by atoms with Gasteiger partial charge < -0.3 is 10.1 Å². The number of ether oxygens (including phenoxy) is 1. The van der Waals surface area contributed by atoms with Gasteiger partial charge in [0.05, 0.1) is 7.11 Å². The number of hydrogen-bond acceptors (Lipinski definition) is 4. The average molecular weight is 304 g/mol. The Kier molecular flexibility index (Phi) is 3.80. The summed E-state index contributed by atoms with van der Waals surface area (Å²) < 4.78 is 6.10. The van der Waals surface area contributed by atoms with E-state index >= 15 is 0 Å². The number of methoxy groups -OCH3 is 1. The number of benzene rings is 1. The summed E-state index contributed by atoms with van der Waals surface area (Å²) in [5, 5.41) is 12.0. The molecule has 18 heavy (non-hydrogen) atoms. The van der Waals surface area contributed by atoms with Crippen molar-refractivity contribution in [1.82, 2.24) is 4.98 Å². The third kappa shape index (κ3) is 2.99. The second kappa shape index (κ2) is 5.52. The second-order valence-electron chi connectivity index (χ2n) is 3.55. The summed E-state index contributed by atoms with van der Waals surface area (Å²) in [4.78, 5) is 3.92. The molecule has 1 aromatic heterocycles. The van der Waals surface area contributed by atoms with Gasteiger partial charge in [-0.3, -0.25) is 0 Å². The molecule has 0 aliphatic rings. The normalized spacial score (nSPS) is 9.61. The first-order chi connectivity index (χ1) is 8.71.